The molecule has 4 rings (SSSR count). The van der Waals surface area contributed by atoms with Gasteiger partial charge in [0.25, 0.3) is 0 Å². The van der Waals surface area contributed by atoms with Crippen LogP contribution in [0.3, 0.4) is 0 Å². The Morgan fingerprint density at radius 2 is 1.67 bits per heavy atom. The quantitative estimate of drug-likeness (QED) is 0.362. The van der Waals surface area contributed by atoms with Crippen LogP contribution in [0.5, 0.6) is 5.75 Å². The number of hydrogen-bond acceptors (Lipinski definition) is 3. The van der Waals surface area contributed by atoms with E-state index in [0.29, 0.717) is 11.3 Å². The zero-order valence-electron chi connectivity index (χ0n) is 12.7. The van der Waals surface area contributed by atoms with E-state index in [0.717, 1.165) is 15.8 Å². The van der Waals surface area contributed by atoms with Gasteiger partial charge in [-0.3, -0.25) is 0 Å². The molecule has 4 aromatic rings. The first kappa shape index (κ1) is 14.7. The minimum atomic E-state index is -0.354. The average molecular weight is 329 g/mol. The van der Waals surface area contributed by atoms with Crippen LogP contribution in [0.15, 0.2) is 78.9 Å². The Hall–Kier alpha value is -2.91. The van der Waals surface area contributed by atoms with Crippen molar-refractivity contribution >= 4 is 27.4 Å². The summed E-state index contributed by atoms with van der Waals surface area (Å²) < 4.78 is 6.68. The molecule has 1 radical (unpaired) electrons. The fraction of sp³-hybridized carbons (Fsp3) is 0. The Labute approximate surface area is 144 Å². The van der Waals surface area contributed by atoms with E-state index < -0.39 is 0 Å². The van der Waals surface area contributed by atoms with E-state index in [9.17, 15) is 4.79 Å². The second kappa shape index (κ2) is 6.30. The van der Waals surface area contributed by atoms with Crippen LogP contribution in [0, 0.1) is 6.07 Å². The molecule has 2 nitrogen and oxygen atoms in total. The zero-order valence-corrected chi connectivity index (χ0v) is 13.5. The highest BCUT2D eigenvalue weighted by atomic mass is 32.1. The summed E-state index contributed by atoms with van der Waals surface area (Å²) in [7, 11) is 0. The Kier molecular flexibility index (Phi) is 3.85. The van der Waals surface area contributed by atoms with Gasteiger partial charge in [0.1, 0.15) is 5.75 Å². The van der Waals surface area contributed by atoms with Gasteiger partial charge in [-0.2, -0.15) is 0 Å². The van der Waals surface area contributed by atoms with Crippen LogP contribution in [0.2, 0.25) is 0 Å². The number of hydrogen-bond donors (Lipinski definition) is 0. The van der Waals surface area contributed by atoms with Crippen molar-refractivity contribution in [3.8, 4) is 16.2 Å². The maximum atomic E-state index is 12.2. The fourth-order valence-corrected chi connectivity index (χ4v) is 3.49. The van der Waals surface area contributed by atoms with Crippen molar-refractivity contribution < 1.29 is 9.53 Å². The fourth-order valence-electron chi connectivity index (χ4n) is 2.49. The highest BCUT2D eigenvalue weighted by Crippen LogP contribution is 2.34. The first-order valence-corrected chi connectivity index (χ1v) is 8.40. The predicted octanol–water partition coefficient (Wildman–Crippen LogP) is 5.59. The summed E-state index contributed by atoms with van der Waals surface area (Å²) in [6, 6.07) is 28.1. The van der Waals surface area contributed by atoms with E-state index in [4.69, 9.17) is 4.74 Å². The molecule has 24 heavy (non-hydrogen) atoms. The van der Waals surface area contributed by atoms with Crippen LogP contribution < -0.4 is 4.74 Å². The molecule has 1 heterocycles. The van der Waals surface area contributed by atoms with Crippen molar-refractivity contribution in [1.82, 2.24) is 0 Å². The van der Waals surface area contributed by atoms with Gasteiger partial charge >= 0.3 is 5.97 Å². The Balaban J connectivity index is 1.63. The van der Waals surface area contributed by atoms with Gasteiger partial charge in [0.15, 0.2) is 0 Å². The van der Waals surface area contributed by atoms with Gasteiger partial charge in [0.05, 0.1) is 5.56 Å². The lowest BCUT2D eigenvalue weighted by atomic mass is 10.1. The number of carbonyl (C=O) groups excluding carboxylic acids is 1. The van der Waals surface area contributed by atoms with Crippen molar-refractivity contribution in [2.75, 3.05) is 0 Å². The summed E-state index contributed by atoms with van der Waals surface area (Å²) >= 11 is 1.68. The van der Waals surface area contributed by atoms with Crippen molar-refractivity contribution in [2.24, 2.45) is 0 Å². The first-order chi connectivity index (χ1) is 11.8. The van der Waals surface area contributed by atoms with Crippen LogP contribution in [-0.2, 0) is 0 Å². The molecule has 0 spiro atoms. The lowest BCUT2D eigenvalue weighted by molar-refractivity contribution is 0.0735. The molecule has 0 aliphatic heterocycles. The van der Waals surface area contributed by atoms with Crippen LogP contribution in [-0.4, -0.2) is 5.97 Å². The highest BCUT2D eigenvalue weighted by Gasteiger charge is 2.10. The van der Waals surface area contributed by atoms with Gasteiger partial charge in [0, 0.05) is 21.0 Å². The largest absolute Gasteiger partial charge is 0.423 e. The van der Waals surface area contributed by atoms with Crippen LogP contribution in [0.25, 0.3) is 20.5 Å². The Morgan fingerprint density at radius 1 is 0.875 bits per heavy atom. The molecule has 0 fully saturated rings. The third-order valence-corrected chi connectivity index (χ3v) is 4.78. The molecule has 3 heteroatoms. The maximum Gasteiger partial charge on any atom is 0.343 e. The molecular formula is C21H13O2S. The summed E-state index contributed by atoms with van der Waals surface area (Å²) in [6.45, 7) is 0. The third kappa shape index (κ3) is 2.94. The van der Waals surface area contributed by atoms with Crippen LogP contribution >= 0.6 is 11.3 Å². The van der Waals surface area contributed by atoms with Gasteiger partial charge in [-0.1, -0.05) is 48.5 Å². The summed E-state index contributed by atoms with van der Waals surface area (Å²) in [4.78, 5) is 13.2. The molecule has 0 atom stereocenters. The van der Waals surface area contributed by atoms with E-state index in [2.05, 4.69) is 18.2 Å². The standard InChI is InChI=1S/C21H13O2S/c22-21(15-7-2-1-3-8-15)23-18-11-6-10-16(13-18)20-14-17-9-4-5-12-19(17)24-20/h1-13H. The van der Waals surface area contributed by atoms with Crippen LogP contribution in [0.4, 0.5) is 0 Å². The van der Waals surface area contributed by atoms with E-state index >= 15 is 0 Å². The van der Waals surface area contributed by atoms with Gasteiger partial charge in [-0.15, -0.1) is 11.3 Å². The lowest BCUT2D eigenvalue weighted by Gasteiger charge is -2.05. The zero-order chi connectivity index (χ0) is 16.4. The maximum absolute atomic E-state index is 12.2. The van der Waals surface area contributed by atoms with Gasteiger partial charge in [0.2, 0.25) is 0 Å². The van der Waals surface area contributed by atoms with Gasteiger partial charge < -0.3 is 4.74 Å². The molecule has 0 saturated heterocycles. The van der Waals surface area contributed by atoms with Crippen molar-refractivity contribution in [3.63, 3.8) is 0 Å². The second-order valence-corrected chi connectivity index (χ2v) is 6.39. The molecule has 0 saturated carbocycles. The van der Waals surface area contributed by atoms with E-state index in [1.807, 2.05) is 48.5 Å². The van der Waals surface area contributed by atoms with Crippen molar-refractivity contribution in [1.29, 1.82) is 0 Å². The summed E-state index contributed by atoms with van der Waals surface area (Å²) in [5, 5.41) is 1.10. The van der Waals surface area contributed by atoms with Gasteiger partial charge in [-0.05, 0) is 35.9 Å². The number of benzene rings is 3. The van der Waals surface area contributed by atoms with E-state index in [-0.39, 0.29) is 5.97 Å². The molecule has 0 aliphatic rings. The van der Waals surface area contributed by atoms with E-state index in [1.54, 1.807) is 29.5 Å². The number of fused-ring (bicyclic) bond motifs is 1. The summed E-state index contributed by atoms with van der Waals surface area (Å²) in [5.74, 6) is 0.181. The topological polar surface area (TPSA) is 26.3 Å². The third-order valence-electron chi connectivity index (χ3n) is 3.66. The van der Waals surface area contributed by atoms with Crippen molar-refractivity contribution in [3.05, 3.63) is 90.5 Å². The second-order valence-electron chi connectivity index (χ2n) is 5.34. The normalized spacial score (nSPS) is 10.7. The number of thiophene rings is 1. The Morgan fingerprint density at radius 3 is 2.50 bits per heavy atom. The summed E-state index contributed by atoms with van der Waals surface area (Å²) in [5.41, 5.74) is 1.53. The number of esters is 1. The number of ether oxygens (including phenoxy) is 1. The molecule has 0 bridgehead atoms. The molecule has 0 aliphatic carbocycles. The first-order valence-electron chi connectivity index (χ1n) is 7.58. The molecule has 3 aromatic carbocycles. The minimum Gasteiger partial charge on any atom is -0.423 e. The molecule has 1 aromatic heterocycles. The average Bonchev–Trinajstić information content (AvgIpc) is 3.07. The SMILES string of the molecule is O=C(Oc1cccc(-c2[c]c3ccccc3s2)c1)c1ccccc1. The minimum absolute atomic E-state index is 0.354. The number of carbonyl (C=O) groups is 1. The number of rotatable bonds is 3. The molecular weight excluding hydrogens is 316 g/mol. The molecule has 115 valence electrons. The lowest BCUT2D eigenvalue weighted by Crippen LogP contribution is -2.07. The molecule has 0 unspecified atom stereocenters. The van der Waals surface area contributed by atoms with Gasteiger partial charge in [-0.25, -0.2) is 4.79 Å². The molecule has 0 N–H and O–H groups in total. The highest BCUT2D eigenvalue weighted by molar-refractivity contribution is 7.22. The predicted molar refractivity (Wildman–Crippen MR) is 97.5 cm³/mol. The summed E-state index contributed by atoms with van der Waals surface area (Å²) in [6.07, 6.45) is 0. The smallest absolute Gasteiger partial charge is 0.343 e. The monoisotopic (exact) mass is 329 g/mol. The molecule has 0 amide bonds. The Bertz CT molecular complexity index is 969. The van der Waals surface area contributed by atoms with Crippen LogP contribution in [0.1, 0.15) is 10.4 Å². The van der Waals surface area contributed by atoms with E-state index in [1.165, 1.54) is 4.70 Å². The van der Waals surface area contributed by atoms with Crippen molar-refractivity contribution in [2.45, 2.75) is 0 Å².